The number of amidine groups is 1. The van der Waals surface area contributed by atoms with E-state index in [1.165, 1.54) is 23.9 Å². The van der Waals surface area contributed by atoms with Gasteiger partial charge in [0.15, 0.2) is 5.17 Å². The lowest BCUT2D eigenvalue weighted by atomic mass is 10.1. The number of anilines is 1. The first kappa shape index (κ1) is 20.5. The Morgan fingerprint density at radius 3 is 2.68 bits per heavy atom. The number of hydrogen-bond donors (Lipinski definition) is 0. The van der Waals surface area contributed by atoms with Crippen molar-refractivity contribution in [1.29, 1.82) is 5.26 Å². The molecule has 31 heavy (non-hydrogen) atoms. The molecule has 1 saturated carbocycles. The second kappa shape index (κ2) is 7.35. The molecule has 0 saturated heterocycles. The number of aryl methyl sites for hydroxylation is 2. The van der Waals surface area contributed by atoms with Crippen LogP contribution >= 0.6 is 27.7 Å². The maximum Gasteiger partial charge on any atom is 0.166 e. The molecule has 0 spiro atoms. The monoisotopic (exact) mass is 497 g/mol. The predicted molar refractivity (Wildman–Crippen MR) is 126 cm³/mol. The summed E-state index contributed by atoms with van der Waals surface area (Å²) in [5.74, 6) is 0.730. The molecule has 2 aliphatic rings. The van der Waals surface area contributed by atoms with Crippen LogP contribution in [-0.4, -0.2) is 31.9 Å². The highest BCUT2D eigenvalue weighted by molar-refractivity contribution is 9.10. The molecule has 8 heteroatoms. The second-order valence-electron chi connectivity index (χ2n) is 7.91. The number of halogens is 2. The summed E-state index contributed by atoms with van der Waals surface area (Å²) < 4.78 is 15.8. The average molecular weight is 498 g/mol. The van der Waals surface area contributed by atoms with Gasteiger partial charge in [-0.2, -0.15) is 5.26 Å². The minimum absolute atomic E-state index is 0.00484. The Morgan fingerprint density at radius 2 is 2.06 bits per heavy atom. The molecule has 3 heterocycles. The van der Waals surface area contributed by atoms with E-state index in [0.29, 0.717) is 6.54 Å². The largest absolute Gasteiger partial charge is 0.306 e. The van der Waals surface area contributed by atoms with Crippen molar-refractivity contribution in [1.82, 2.24) is 9.38 Å². The van der Waals surface area contributed by atoms with Crippen LogP contribution in [0.15, 0.2) is 46.0 Å². The third kappa shape index (κ3) is 3.01. The van der Waals surface area contributed by atoms with E-state index in [4.69, 9.17) is 9.98 Å². The molecule has 1 aliphatic carbocycles. The van der Waals surface area contributed by atoms with Crippen LogP contribution < -0.4 is 4.90 Å². The van der Waals surface area contributed by atoms with Gasteiger partial charge in [-0.15, -0.1) is 0 Å². The van der Waals surface area contributed by atoms with Crippen molar-refractivity contribution in [3.8, 4) is 6.07 Å². The number of thioether (sulfide) groups is 1. The number of pyridine rings is 1. The summed E-state index contributed by atoms with van der Waals surface area (Å²) in [5.41, 5.74) is 4.00. The molecule has 158 valence electrons. The zero-order valence-corrected chi connectivity index (χ0v) is 19.8. The van der Waals surface area contributed by atoms with Crippen LogP contribution in [0.1, 0.15) is 36.6 Å². The van der Waals surface area contributed by atoms with Crippen molar-refractivity contribution in [2.45, 2.75) is 43.9 Å². The van der Waals surface area contributed by atoms with E-state index >= 15 is 0 Å². The zero-order valence-electron chi connectivity index (χ0n) is 17.4. The highest BCUT2D eigenvalue weighted by Crippen LogP contribution is 2.66. The third-order valence-corrected chi connectivity index (χ3v) is 7.94. The van der Waals surface area contributed by atoms with E-state index in [-0.39, 0.29) is 17.8 Å². The number of rotatable bonds is 4. The Morgan fingerprint density at radius 1 is 1.32 bits per heavy atom. The SMILES string of the molecule is CCc1nc2c(C)cc(Br)cn2c1N(CC)C1=NC2C(c3ccc(F)cc3)C2(C#N)S1. The number of imidazole rings is 1. The molecule has 2 aromatic heterocycles. The summed E-state index contributed by atoms with van der Waals surface area (Å²) in [7, 11) is 0. The molecule has 5 nitrogen and oxygen atoms in total. The van der Waals surface area contributed by atoms with Gasteiger partial charge in [-0.25, -0.2) is 9.37 Å². The molecule has 5 rings (SSSR count). The average Bonchev–Trinajstić information content (AvgIpc) is 3.04. The molecule has 0 radical (unpaired) electrons. The molecule has 0 N–H and O–H groups in total. The lowest BCUT2D eigenvalue weighted by Crippen LogP contribution is -2.31. The molecule has 1 aliphatic heterocycles. The molecule has 1 aromatic carbocycles. The van der Waals surface area contributed by atoms with Gasteiger partial charge < -0.3 is 4.90 Å². The van der Waals surface area contributed by atoms with E-state index in [0.717, 1.165) is 44.3 Å². The number of aromatic nitrogens is 2. The lowest BCUT2D eigenvalue weighted by Gasteiger charge is -2.24. The summed E-state index contributed by atoms with van der Waals surface area (Å²) in [5, 5.41) is 10.9. The lowest BCUT2D eigenvalue weighted by molar-refractivity contribution is 0.627. The Balaban J connectivity index is 1.56. The van der Waals surface area contributed by atoms with Crippen LogP contribution in [-0.2, 0) is 6.42 Å². The first-order valence-corrected chi connectivity index (χ1v) is 11.9. The Hall–Kier alpha value is -2.37. The van der Waals surface area contributed by atoms with Gasteiger partial charge in [0.2, 0.25) is 0 Å². The number of fused-ring (bicyclic) bond motifs is 2. The van der Waals surface area contributed by atoms with E-state index in [1.807, 2.05) is 6.20 Å². The van der Waals surface area contributed by atoms with Crippen LogP contribution in [0.3, 0.4) is 0 Å². The van der Waals surface area contributed by atoms with Gasteiger partial charge in [-0.3, -0.25) is 9.39 Å². The van der Waals surface area contributed by atoms with Gasteiger partial charge in [0.25, 0.3) is 0 Å². The molecule has 0 bridgehead atoms. The maximum atomic E-state index is 13.3. The fourth-order valence-electron chi connectivity index (χ4n) is 4.52. The van der Waals surface area contributed by atoms with Gasteiger partial charge in [0.05, 0.1) is 17.8 Å². The predicted octanol–water partition coefficient (Wildman–Crippen LogP) is 5.46. The molecular weight excluding hydrogens is 477 g/mol. The standard InChI is InChI=1S/C23H21BrFN5S/c1-4-17-21(30-11-15(24)10-13(3)20(30)27-17)29(5-2)22-28-19-18(23(19,12-26)31-22)14-6-8-16(25)9-7-14/h6-11,18-19H,4-5H2,1-3H3. The molecular formula is C23H21BrFN5S. The fraction of sp³-hybridized carbons (Fsp3) is 0.348. The normalized spacial score (nSPS) is 24.1. The van der Waals surface area contributed by atoms with Gasteiger partial charge >= 0.3 is 0 Å². The summed E-state index contributed by atoms with van der Waals surface area (Å²) in [6.07, 6.45) is 2.84. The van der Waals surface area contributed by atoms with Crippen molar-refractivity contribution < 1.29 is 4.39 Å². The quantitative estimate of drug-likeness (QED) is 0.479. The summed E-state index contributed by atoms with van der Waals surface area (Å²) >= 11 is 5.14. The molecule has 1 fully saturated rings. The van der Waals surface area contributed by atoms with Crippen molar-refractivity contribution in [2.24, 2.45) is 4.99 Å². The van der Waals surface area contributed by atoms with Crippen molar-refractivity contribution in [3.05, 3.63) is 63.6 Å². The topological polar surface area (TPSA) is 56.7 Å². The number of nitriles is 1. The number of hydrogen-bond acceptors (Lipinski definition) is 5. The first-order chi connectivity index (χ1) is 14.9. The van der Waals surface area contributed by atoms with E-state index in [1.54, 1.807) is 12.1 Å². The van der Waals surface area contributed by atoms with Gasteiger partial charge in [0, 0.05) is 23.1 Å². The Kier molecular flexibility index (Phi) is 4.87. The summed E-state index contributed by atoms with van der Waals surface area (Å²) in [4.78, 5) is 12.0. The molecule has 3 aromatic rings. The third-order valence-electron chi connectivity index (χ3n) is 6.07. The van der Waals surface area contributed by atoms with Gasteiger partial charge in [-0.1, -0.05) is 30.8 Å². The van der Waals surface area contributed by atoms with Crippen molar-refractivity contribution in [2.75, 3.05) is 11.4 Å². The van der Waals surface area contributed by atoms with Crippen LogP contribution in [0.4, 0.5) is 10.2 Å². The van der Waals surface area contributed by atoms with Crippen molar-refractivity contribution in [3.63, 3.8) is 0 Å². The number of benzene rings is 1. The van der Waals surface area contributed by atoms with Gasteiger partial charge in [-0.05, 0) is 65.5 Å². The van der Waals surface area contributed by atoms with Crippen LogP contribution in [0.25, 0.3) is 5.65 Å². The highest BCUT2D eigenvalue weighted by atomic mass is 79.9. The van der Waals surface area contributed by atoms with E-state index in [9.17, 15) is 9.65 Å². The maximum absolute atomic E-state index is 13.3. The highest BCUT2D eigenvalue weighted by Gasteiger charge is 2.71. The number of aliphatic imine (C=N–C) groups is 1. The Bertz CT molecular complexity index is 1260. The smallest absolute Gasteiger partial charge is 0.166 e. The first-order valence-electron chi connectivity index (χ1n) is 10.3. The molecule has 0 amide bonds. The van der Waals surface area contributed by atoms with E-state index < -0.39 is 4.75 Å². The number of nitrogens with zero attached hydrogens (tertiary/aromatic N) is 5. The van der Waals surface area contributed by atoms with Crippen LogP contribution in [0.2, 0.25) is 0 Å². The molecule has 3 atom stereocenters. The minimum atomic E-state index is -0.621. The summed E-state index contributed by atoms with van der Waals surface area (Å²) in [6.45, 7) is 6.97. The molecule has 3 unspecified atom stereocenters. The minimum Gasteiger partial charge on any atom is -0.306 e. The van der Waals surface area contributed by atoms with E-state index in [2.05, 4.69) is 58.1 Å². The van der Waals surface area contributed by atoms with Crippen molar-refractivity contribution >= 4 is 44.3 Å². The van der Waals surface area contributed by atoms with Gasteiger partial charge in [0.1, 0.15) is 22.0 Å². The Labute approximate surface area is 193 Å². The van der Waals surface area contributed by atoms with Crippen LogP contribution in [0.5, 0.6) is 0 Å². The summed E-state index contributed by atoms with van der Waals surface area (Å²) in [6, 6.07) is 10.9. The second-order valence-corrected chi connectivity index (χ2v) is 10.1. The van der Waals surface area contributed by atoms with Crippen LogP contribution in [0, 0.1) is 24.1 Å². The zero-order chi connectivity index (χ0) is 21.9. The fourth-order valence-corrected chi connectivity index (χ4v) is 6.54.